The molecule has 54 heavy (non-hydrogen) atoms. The Bertz CT molecular complexity index is 1970. The Labute approximate surface area is 322 Å². The number of anilines is 1. The van der Waals surface area contributed by atoms with Gasteiger partial charge in [0.05, 0.1) is 40.1 Å². The molecule has 0 bridgehead atoms. The number of carboxylic acid groups (broad SMARTS) is 1. The number of amides is 1. The quantitative estimate of drug-likeness (QED) is 0.124. The number of piperazine rings is 1. The molecule has 4 heterocycles. The standard InChI is InChI=1S/C41H56N6O6S/c1-9-47-34-13-10-26(33-23-54-35(43-33)20-32(38(49)50)44-39(51)53-40(3,4)5)18-29(34)31(21-41(6,7)24-48)37(47)30-19-28(22-42-36(30)25(2)52-8)46-16-14-45(15-17-46)27-11-12-27/h10,13,18-19,22-23,25,27,32,48H,9,11-12,14-17,20-21,24H2,1-8H3,(H,44,51)(H,49,50)/t25-,32-/m0/s1. The summed E-state index contributed by atoms with van der Waals surface area (Å²) in [6.45, 7) is 18.3. The molecule has 1 saturated heterocycles. The van der Waals surface area contributed by atoms with Gasteiger partial charge in [-0.1, -0.05) is 19.9 Å². The van der Waals surface area contributed by atoms with Crippen molar-refractivity contribution in [1.82, 2.24) is 24.8 Å². The summed E-state index contributed by atoms with van der Waals surface area (Å²) in [5.74, 6) is -1.16. The molecule has 4 aromatic rings. The lowest BCUT2D eigenvalue weighted by molar-refractivity contribution is -0.139. The molecule has 13 heteroatoms. The van der Waals surface area contributed by atoms with E-state index in [2.05, 4.69) is 64.7 Å². The molecule has 1 aliphatic carbocycles. The van der Waals surface area contributed by atoms with Crippen LogP contribution in [-0.2, 0) is 33.7 Å². The molecule has 0 spiro atoms. The van der Waals surface area contributed by atoms with E-state index in [9.17, 15) is 19.8 Å². The van der Waals surface area contributed by atoms with Crippen LogP contribution in [0, 0.1) is 5.41 Å². The van der Waals surface area contributed by atoms with Crippen molar-refractivity contribution in [3.05, 3.63) is 52.1 Å². The van der Waals surface area contributed by atoms with Crippen LogP contribution < -0.4 is 10.2 Å². The highest BCUT2D eigenvalue weighted by Gasteiger charge is 2.33. The van der Waals surface area contributed by atoms with Crippen molar-refractivity contribution in [1.29, 1.82) is 0 Å². The number of nitrogens with one attached hydrogen (secondary N) is 1. The minimum atomic E-state index is -1.19. The van der Waals surface area contributed by atoms with Crippen molar-refractivity contribution < 1.29 is 29.3 Å². The summed E-state index contributed by atoms with van der Waals surface area (Å²) in [5, 5.41) is 26.5. The number of nitrogens with zero attached hydrogens (tertiary/aromatic N) is 5. The average molecular weight is 761 g/mol. The van der Waals surface area contributed by atoms with Crippen LogP contribution >= 0.6 is 11.3 Å². The first-order chi connectivity index (χ1) is 25.6. The number of aliphatic hydroxyl groups is 1. The van der Waals surface area contributed by atoms with Gasteiger partial charge in [-0.25, -0.2) is 14.6 Å². The predicted molar refractivity (Wildman–Crippen MR) is 213 cm³/mol. The summed E-state index contributed by atoms with van der Waals surface area (Å²) in [6.07, 6.45) is 4.23. The number of aryl methyl sites for hydroxylation is 1. The molecule has 3 aromatic heterocycles. The Kier molecular flexibility index (Phi) is 11.7. The monoisotopic (exact) mass is 760 g/mol. The number of aliphatic hydroxyl groups excluding tert-OH is 1. The number of hydrogen-bond acceptors (Lipinski definition) is 10. The Morgan fingerprint density at radius 1 is 1.09 bits per heavy atom. The highest BCUT2D eigenvalue weighted by atomic mass is 32.1. The van der Waals surface area contributed by atoms with Gasteiger partial charge in [0.15, 0.2) is 0 Å². The van der Waals surface area contributed by atoms with Crippen molar-refractivity contribution in [2.24, 2.45) is 5.41 Å². The Morgan fingerprint density at radius 2 is 1.81 bits per heavy atom. The fourth-order valence-electron chi connectivity index (χ4n) is 7.34. The van der Waals surface area contributed by atoms with Gasteiger partial charge in [-0.15, -0.1) is 11.3 Å². The zero-order chi connectivity index (χ0) is 38.9. The number of benzene rings is 1. The second-order valence-corrected chi connectivity index (χ2v) is 17.4. The molecule has 6 rings (SSSR count). The number of hydrogen-bond donors (Lipinski definition) is 3. The van der Waals surface area contributed by atoms with Crippen molar-refractivity contribution in [3.63, 3.8) is 0 Å². The summed E-state index contributed by atoms with van der Waals surface area (Å²) in [6, 6.07) is 8.20. The number of alkyl carbamates (subject to hydrolysis) is 1. The van der Waals surface area contributed by atoms with E-state index in [0.29, 0.717) is 11.4 Å². The second kappa shape index (κ2) is 16.0. The third-order valence-electron chi connectivity index (χ3n) is 10.4. The molecule has 1 aromatic carbocycles. The molecule has 2 fully saturated rings. The third-order valence-corrected chi connectivity index (χ3v) is 11.3. The Hall–Kier alpha value is -4.04. The number of methoxy groups -OCH3 is 1. The summed E-state index contributed by atoms with van der Waals surface area (Å²) in [4.78, 5) is 39.5. The van der Waals surface area contributed by atoms with Crippen LogP contribution in [0.4, 0.5) is 10.5 Å². The number of pyridine rings is 1. The van der Waals surface area contributed by atoms with E-state index in [0.717, 1.165) is 89.1 Å². The lowest BCUT2D eigenvalue weighted by atomic mass is 9.84. The van der Waals surface area contributed by atoms with Crippen LogP contribution in [0.5, 0.6) is 0 Å². The molecule has 2 atom stereocenters. The molecular weight excluding hydrogens is 705 g/mol. The number of fused-ring (bicyclic) bond motifs is 1. The molecule has 0 radical (unpaired) electrons. The van der Waals surface area contributed by atoms with Gasteiger partial charge in [0, 0.05) is 86.3 Å². The molecule has 12 nitrogen and oxygen atoms in total. The average Bonchev–Trinajstić information content (AvgIpc) is 3.81. The molecule has 292 valence electrons. The van der Waals surface area contributed by atoms with Crippen LogP contribution in [0.1, 0.15) is 83.7 Å². The van der Waals surface area contributed by atoms with Crippen LogP contribution in [0.15, 0.2) is 35.8 Å². The number of carbonyl (C=O) groups is 2. The fourth-order valence-corrected chi connectivity index (χ4v) is 8.19. The van der Waals surface area contributed by atoms with Crippen LogP contribution in [0.25, 0.3) is 33.4 Å². The summed E-state index contributed by atoms with van der Waals surface area (Å²) < 4.78 is 13.5. The topological polar surface area (TPSA) is 142 Å². The van der Waals surface area contributed by atoms with Gasteiger partial charge in [0.2, 0.25) is 0 Å². The zero-order valence-electron chi connectivity index (χ0n) is 32.9. The normalized spacial score (nSPS) is 16.8. The largest absolute Gasteiger partial charge is 0.480 e. The Balaban J connectivity index is 1.41. The molecule has 1 amide bonds. The fraction of sp³-hybridized carbons (Fsp3) is 0.561. The van der Waals surface area contributed by atoms with E-state index in [1.165, 1.54) is 24.2 Å². The molecule has 2 aliphatic rings. The smallest absolute Gasteiger partial charge is 0.408 e. The summed E-state index contributed by atoms with van der Waals surface area (Å²) >= 11 is 1.36. The van der Waals surface area contributed by atoms with Gasteiger partial charge in [-0.2, -0.15) is 0 Å². The lowest BCUT2D eigenvalue weighted by Gasteiger charge is -2.36. The lowest BCUT2D eigenvalue weighted by Crippen LogP contribution is -2.47. The Morgan fingerprint density at radius 3 is 2.43 bits per heavy atom. The van der Waals surface area contributed by atoms with Crippen molar-refractivity contribution >= 4 is 40.0 Å². The third kappa shape index (κ3) is 8.91. The van der Waals surface area contributed by atoms with Crippen LogP contribution in [0.2, 0.25) is 0 Å². The molecule has 1 aliphatic heterocycles. The highest BCUT2D eigenvalue weighted by Crippen LogP contribution is 2.43. The predicted octanol–water partition coefficient (Wildman–Crippen LogP) is 6.92. The number of carbonyl (C=O) groups excluding carboxylic acids is 1. The van der Waals surface area contributed by atoms with Gasteiger partial charge >= 0.3 is 12.1 Å². The summed E-state index contributed by atoms with van der Waals surface area (Å²) in [7, 11) is 1.72. The highest BCUT2D eigenvalue weighted by molar-refractivity contribution is 7.10. The molecule has 1 saturated carbocycles. The molecule has 0 unspecified atom stereocenters. The number of ether oxygens (including phenoxy) is 2. The van der Waals surface area contributed by atoms with Crippen molar-refractivity contribution in [2.45, 2.75) is 104 Å². The van der Waals surface area contributed by atoms with Gasteiger partial charge in [-0.05, 0) is 83.1 Å². The summed E-state index contributed by atoms with van der Waals surface area (Å²) in [5.41, 5.74) is 6.73. The minimum absolute atomic E-state index is 0.0210. The maximum Gasteiger partial charge on any atom is 0.408 e. The van der Waals surface area contributed by atoms with E-state index in [1.54, 1.807) is 27.9 Å². The minimum Gasteiger partial charge on any atom is -0.480 e. The van der Waals surface area contributed by atoms with Gasteiger partial charge < -0.3 is 34.5 Å². The first-order valence-electron chi connectivity index (χ1n) is 19.1. The first-order valence-corrected chi connectivity index (χ1v) is 19.9. The van der Waals surface area contributed by atoms with E-state index < -0.39 is 29.1 Å². The SMILES string of the molecule is CCn1c(-c2cc(N3CCN(C4CC4)CC3)cnc2[C@H](C)OC)c(CC(C)(C)CO)c2cc(-c3csc(C[C@H](NC(=O)OC(C)(C)C)C(=O)O)n3)ccc21. The molecular formula is C41H56N6O6S. The second-order valence-electron chi connectivity index (χ2n) is 16.4. The number of aliphatic carboxylic acids is 1. The molecule has 3 N–H and O–H groups in total. The van der Waals surface area contributed by atoms with Crippen LogP contribution in [0.3, 0.4) is 0 Å². The zero-order valence-corrected chi connectivity index (χ0v) is 33.8. The van der Waals surface area contributed by atoms with E-state index in [1.807, 2.05) is 18.5 Å². The van der Waals surface area contributed by atoms with E-state index in [4.69, 9.17) is 19.4 Å². The van der Waals surface area contributed by atoms with E-state index in [-0.39, 0.29) is 19.1 Å². The first kappa shape index (κ1) is 39.6. The van der Waals surface area contributed by atoms with Gasteiger partial charge in [0.25, 0.3) is 0 Å². The maximum absolute atomic E-state index is 12.4. The van der Waals surface area contributed by atoms with Crippen LogP contribution in [-0.4, -0.2) is 99.3 Å². The van der Waals surface area contributed by atoms with Crippen molar-refractivity contribution in [2.75, 3.05) is 44.8 Å². The maximum atomic E-state index is 12.4. The van der Waals surface area contributed by atoms with Gasteiger partial charge in [0.1, 0.15) is 11.6 Å². The number of rotatable bonds is 14. The number of aromatic nitrogens is 3. The van der Waals surface area contributed by atoms with E-state index >= 15 is 0 Å². The van der Waals surface area contributed by atoms with Crippen molar-refractivity contribution in [3.8, 4) is 22.5 Å². The van der Waals surface area contributed by atoms with Gasteiger partial charge in [-0.3, -0.25) is 9.88 Å². The number of thiazole rings is 1. The number of carboxylic acids is 1.